The van der Waals surface area contributed by atoms with Crippen LogP contribution in [0.3, 0.4) is 0 Å². The summed E-state index contributed by atoms with van der Waals surface area (Å²) in [5.41, 5.74) is 1.83. The first-order valence-corrected chi connectivity index (χ1v) is 8.03. The fourth-order valence-corrected chi connectivity index (χ4v) is 2.77. The average Bonchev–Trinajstić information content (AvgIpc) is 3.02. The van der Waals surface area contributed by atoms with Crippen molar-refractivity contribution in [1.29, 1.82) is 0 Å². The van der Waals surface area contributed by atoms with E-state index < -0.39 is 6.43 Å². The minimum Gasteiger partial charge on any atom is -0.322 e. The topological polar surface area (TPSA) is 66.3 Å². The van der Waals surface area contributed by atoms with E-state index >= 15 is 0 Å². The van der Waals surface area contributed by atoms with Crippen molar-refractivity contribution in [3.8, 4) is 11.1 Å². The summed E-state index contributed by atoms with van der Waals surface area (Å²) in [5.74, 6) is 0.446. The molecule has 2 amide bonds. The Morgan fingerprint density at radius 1 is 1.28 bits per heavy atom. The van der Waals surface area contributed by atoms with Crippen molar-refractivity contribution in [2.45, 2.75) is 6.43 Å². The fraction of sp³-hybridized carbons (Fsp3) is 0.438. The van der Waals surface area contributed by atoms with Gasteiger partial charge in [0.25, 0.3) is 6.43 Å². The maximum Gasteiger partial charge on any atom is 0.323 e. The zero-order valence-corrected chi connectivity index (χ0v) is 13.9. The lowest BCUT2D eigenvalue weighted by molar-refractivity contribution is 0.0651. The van der Waals surface area contributed by atoms with Gasteiger partial charge in [-0.2, -0.15) is 5.10 Å². The first-order chi connectivity index (χ1) is 12.0. The van der Waals surface area contributed by atoms with Gasteiger partial charge in [-0.1, -0.05) is 0 Å². The Balaban J connectivity index is 1.58. The molecule has 7 nitrogen and oxygen atoms in total. The van der Waals surface area contributed by atoms with Crippen molar-refractivity contribution in [2.75, 3.05) is 38.0 Å². The van der Waals surface area contributed by atoms with Crippen molar-refractivity contribution in [2.24, 2.45) is 7.05 Å². The van der Waals surface area contributed by atoms with Crippen molar-refractivity contribution in [1.82, 2.24) is 24.6 Å². The summed E-state index contributed by atoms with van der Waals surface area (Å²) >= 11 is 0. The Labute approximate surface area is 144 Å². The van der Waals surface area contributed by atoms with E-state index in [4.69, 9.17) is 0 Å². The second-order valence-corrected chi connectivity index (χ2v) is 5.94. The Kier molecular flexibility index (Phi) is 5.22. The molecule has 2 aromatic heterocycles. The zero-order chi connectivity index (χ0) is 17.8. The van der Waals surface area contributed by atoms with E-state index in [1.807, 2.05) is 19.3 Å². The fourth-order valence-electron chi connectivity index (χ4n) is 2.77. The number of alkyl halides is 2. The van der Waals surface area contributed by atoms with Gasteiger partial charge in [0.1, 0.15) is 5.82 Å². The van der Waals surface area contributed by atoms with Gasteiger partial charge < -0.3 is 4.90 Å². The summed E-state index contributed by atoms with van der Waals surface area (Å²) in [6.07, 6.45) is 2.89. The lowest BCUT2D eigenvalue weighted by atomic mass is 10.1. The molecule has 3 rings (SSSR count). The zero-order valence-electron chi connectivity index (χ0n) is 13.9. The number of halogens is 2. The number of aryl methyl sites for hydroxylation is 1. The number of nitrogens with zero attached hydrogens (tertiary/aromatic N) is 5. The molecule has 2 aromatic rings. The molecule has 1 N–H and O–H groups in total. The third-order valence-electron chi connectivity index (χ3n) is 4.09. The molecule has 0 unspecified atom stereocenters. The number of aromatic nitrogens is 3. The number of pyridine rings is 1. The van der Waals surface area contributed by atoms with Crippen LogP contribution in [0.5, 0.6) is 0 Å². The number of hydrogen-bond donors (Lipinski definition) is 1. The molecule has 1 aliphatic rings. The summed E-state index contributed by atoms with van der Waals surface area (Å²) in [5, 5.41) is 6.89. The number of nitrogens with one attached hydrogen (secondary N) is 1. The maximum absolute atomic E-state index is 12.4. The van der Waals surface area contributed by atoms with Gasteiger partial charge in [0.2, 0.25) is 0 Å². The van der Waals surface area contributed by atoms with E-state index in [-0.39, 0.29) is 12.6 Å². The number of hydrogen-bond acceptors (Lipinski definition) is 4. The predicted molar refractivity (Wildman–Crippen MR) is 89.5 cm³/mol. The van der Waals surface area contributed by atoms with Crippen LogP contribution in [0.4, 0.5) is 19.4 Å². The summed E-state index contributed by atoms with van der Waals surface area (Å²) in [6, 6.07) is 3.35. The highest BCUT2D eigenvalue weighted by molar-refractivity contribution is 5.89. The summed E-state index contributed by atoms with van der Waals surface area (Å²) < 4.78 is 26.5. The van der Waals surface area contributed by atoms with Crippen molar-refractivity contribution in [3.05, 3.63) is 30.7 Å². The molecule has 134 valence electrons. The first kappa shape index (κ1) is 17.3. The summed E-state index contributed by atoms with van der Waals surface area (Å²) in [6.45, 7) is 1.48. The maximum atomic E-state index is 12.4. The van der Waals surface area contributed by atoms with Gasteiger partial charge in [0.05, 0.1) is 12.7 Å². The van der Waals surface area contributed by atoms with Crippen molar-refractivity contribution >= 4 is 11.8 Å². The van der Waals surface area contributed by atoms with Crippen LogP contribution in [-0.2, 0) is 7.05 Å². The quantitative estimate of drug-likeness (QED) is 0.915. The molecule has 0 aromatic carbocycles. The molecule has 1 saturated heterocycles. The van der Waals surface area contributed by atoms with Crippen LogP contribution in [0, 0.1) is 0 Å². The number of anilines is 1. The van der Waals surface area contributed by atoms with Gasteiger partial charge in [0, 0.05) is 51.2 Å². The second-order valence-electron chi connectivity index (χ2n) is 5.94. The smallest absolute Gasteiger partial charge is 0.322 e. The number of rotatable bonds is 4. The normalized spacial score (nSPS) is 15.6. The molecule has 0 bridgehead atoms. The summed E-state index contributed by atoms with van der Waals surface area (Å²) in [7, 11) is 1.83. The molecular weight excluding hydrogens is 330 g/mol. The highest BCUT2D eigenvalue weighted by Gasteiger charge is 2.23. The Morgan fingerprint density at radius 3 is 2.68 bits per heavy atom. The van der Waals surface area contributed by atoms with E-state index in [0.29, 0.717) is 32.0 Å². The molecule has 1 aliphatic heterocycles. The molecule has 1 fully saturated rings. The van der Waals surface area contributed by atoms with E-state index in [9.17, 15) is 13.6 Å². The van der Waals surface area contributed by atoms with Gasteiger partial charge in [-0.3, -0.25) is 14.9 Å². The Morgan fingerprint density at radius 2 is 2.04 bits per heavy atom. The molecule has 0 spiro atoms. The Bertz CT molecular complexity index is 727. The molecule has 0 saturated carbocycles. The number of amides is 2. The van der Waals surface area contributed by atoms with E-state index in [1.165, 1.54) is 0 Å². The lowest BCUT2D eigenvalue weighted by Gasteiger charge is -2.34. The van der Waals surface area contributed by atoms with E-state index in [1.54, 1.807) is 32.9 Å². The van der Waals surface area contributed by atoms with Crippen LogP contribution < -0.4 is 5.32 Å². The van der Waals surface area contributed by atoms with Gasteiger partial charge in [-0.25, -0.2) is 18.6 Å². The molecule has 0 atom stereocenters. The number of carbonyl (C=O) groups excluding carboxylic acids is 1. The van der Waals surface area contributed by atoms with E-state index in [2.05, 4.69) is 15.4 Å². The molecular formula is C16H20F2N6O. The molecule has 0 aliphatic carbocycles. The van der Waals surface area contributed by atoms with Crippen LogP contribution >= 0.6 is 0 Å². The highest BCUT2D eigenvalue weighted by Crippen LogP contribution is 2.20. The highest BCUT2D eigenvalue weighted by atomic mass is 19.3. The van der Waals surface area contributed by atoms with Crippen LogP contribution in [-0.4, -0.2) is 69.7 Å². The van der Waals surface area contributed by atoms with Gasteiger partial charge in [-0.05, 0) is 17.7 Å². The minimum atomic E-state index is -2.35. The lowest BCUT2D eigenvalue weighted by Crippen LogP contribution is -2.51. The average molecular weight is 350 g/mol. The van der Waals surface area contributed by atoms with Crippen LogP contribution in [0.15, 0.2) is 30.7 Å². The van der Waals surface area contributed by atoms with Crippen molar-refractivity contribution in [3.63, 3.8) is 0 Å². The molecule has 0 radical (unpaired) electrons. The Hall–Kier alpha value is -2.55. The van der Waals surface area contributed by atoms with Crippen molar-refractivity contribution < 1.29 is 13.6 Å². The van der Waals surface area contributed by atoms with Crippen LogP contribution in [0.1, 0.15) is 0 Å². The largest absolute Gasteiger partial charge is 0.323 e. The third-order valence-corrected chi connectivity index (χ3v) is 4.09. The van der Waals surface area contributed by atoms with Crippen LogP contribution in [0.2, 0.25) is 0 Å². The first-order valence-electron chi connectivity index (χ1n) is 8.03. The molecule has 9 heteroatoms. The van der Waals surface area contributed by atoms with Crippen LogP contribution in [0.25, 0.3) is 11.1 Å². The molecule has 3 heterocycles. The minimum absolute atomic E-state index is 0.246. The van der Waals surface area contributed by atoms with Gasteiger partial charge >= 0.3 is 6.03 Å². The SMILES string of the molecule is Cn1cc(-c2ccnc(NC(=O)N3CCN(CC(F)F)CC3)c2)cn1. The number of carbonyl (C=O) groups is 1. The third kappa shape index (κ3) is 4.50. The van der Waals surface area contributed by atoms with Gasteiger partial charge in [-0.15, -0.1) is 0 Å². The number of urea groups is 1. The predicted octanol–water partition coefficient (Wildman–Crippen LogP) is 1.90. The standard InChI is InChI=1S/C16H20F2N6O/c1-22-10-13(9-20-22)12-2-3-19-15(8-12)21-16(25)24-6-4-23(5-7-24)11-14(17)18/h2-3,8-10,14H,4-7,11H2,1H3,(H,19,21,25). The second kappa shape index (κ2) is 7.56. The summed E-state index contributed by atoms with van der Waals surface area (Å²) in [4.78, 5) is 19.8. The number of piperazine rings is 1. The molecule has 25 heavy (non-hydrogen) atoms. The van der Waals surface area contributed by atoms with Gasteiger partial charge in [0.15, 0.2) is 0 Å². The van der Waals surface area contributed by atoms with E-state index in [0.717, 1.165) is 11.1 Å². The monoisotopic (exact) mass is 350 g/mol.